The van der Waals surface area contributed by atoms with E-state index in [4.69, 9.17) is 18.9 Å². The van der Waals surface area contributed by atoms with Crippen LogP contribution in [0.25, 0.3) is 0 Å². The number of benzene rings is 3. The SMILES string of the molecule is COC(=O)C(Oc1ccc(C(C)(C)C)cc1)c1ccc(OCC(C)Oc2ccc(F)cc2)cc1. The first kappa shape index (κ1) is 25.1. The van der Waals surface area contributed by atoms with E-state index in [0.717, 1.165) is 0 Å². The van der Waals surface area contributed by atoms with E-state index in [1.165, 1.54) is 24.8 Å². The summed E-state index contributed by atoms with van der Waals surface area (Å²) in [7, 11) is 1.33. The maximum Gasteiger partial charge on any atom is 0.351 e. The van der Waals surface area contributed by atoms with Crippen LogP contribution < -0.4 is 14.2 Å². The molecule has 3 rings (SSSR count). The van der Waals surface area contributed by atoms with Crippen LogP contribution in [-0.2, 0) is 14.9 Å². The van der Waals surface area contributed by atoms with Gasteiger partial charge >= 0.3 is 5.97 Å². The summed E-state index contributed by atoms with van der Waals surface area (Å²) in [4.78, 5) is 12.4. The zero-order valence-electron chi connectivity index (χ0n) is 20.2. The lowest BCUT2D eigenvalue weighted by Gasteiger charge is -2.21. The lowest BCUT2D eigenvalue weighted by atomic mass is 9.87. The predicted octanol–water partition coefficient (Wildman–Crippen LogP) is 6.26. The van der Waals surface area contributed by atoms with Crippen molar-refractivity contribution >= 4 is 5.97 Å². The molecular formula is C28H31FO5. The van der Waals surface area contributed by atoms with E-state index >= 15 is 0 Å². The summed E-state index contributed by atoms with van der Waals surface area (Å²) in [6, 6.07) is 20.6. The van der Waals surface area contributed by atoms with Gasteiger partial charge in [0.25, 0.3) is 0 Å². The molecule has 0 saturated carbocycles. The fourth-order valence-electron chi connectivity index (χ4n) is 3.26. The Bertz CT molecular complexity index is 1050. The standard InChI is InChI=1S/C28H31FO5/c1-19(33-24-16-10-22(29)11-17-24)18-32-23-12-6-20(7-13-23)26(27(30)31-5)34-25-14-8-21(9-15-25)28(2,3)4/h6-17,19,26H,18H2,1-5H3. The maximum absolute atomic E-state index is 13.0. The molecular weight excluding hydrogens is 435 g/mol. The summed E-state index contributed by atoms with van der Waals surface area (Å²) in [6.45, 7) is 8.58. The van der Waals surface area contributed by atoms with Crippen LogP contribution in [0.2, 0.25) is 0 Å². The number of methoxy groups -OCH3 is 1. The third-order valence-corrected chi connectivity index (χ3v) is 5.21. The van der Waals surface area contributed by atoms with Gasteiger partial charge in [-0.15, -0.1) is 0 Å². The van der Waals surface area contributed by atoms with Crippen molar-refractivity contribution in [2.24, 2.45) is 0 Å². The first-order valence-electron chi connectivity index (χ1n) is 11.2. The van der Waals surface area contributed by atoms with Gasteiger partial charge in [0, 0.05) is 5.56 Å². The Labute approximate surface area is 200 Å². The summed E-state index contributed by atoms with van der Waals surface area (Å²) >= 11 is 0. The van der Waals surface area contributed by atoms with Crippen LogP contribution >= 0.6 is 0 Å². The summed E-state index contributed by atoms with van der Waals surface area (Å²) in [5, 5.41) is 0. The molecule has 0 aromatic heterocycles. The molecule has 0 fully saturated rings. The van der Waals surface area contributed by atoms with Crippen molar-refractivity contribution in [1.82, 2.24) is 0 Å². The van der Waals surface area contributed by atoms with Gasteiger partial charge in [0.05, 0.1) is 7.11 Å². The van der Waals surface area contributed by atoms with Crippen LogP contribution in [0.1, 0.15) is 44.9 Å². The molecule has 0 amide bonds. The molecule has 0 bridgehead atoms. The second-order valence-electron chi connectivity index (χ2n) is 9.06. The van der Waals surface area contributed by atoms with Gasteiger partial charge in [-0.25, -0.2) is 9.18 Å². The first-order valence-corrected chi connectivity index (χ1v) is 11.2. The third-order valence-electron chi connectivity index (χ3n) is 5.21. The number of ether oxygens (including phenoxy) is 4. The molecule has 0 aliphatic carbocycles. The van der Waals surface area contributed by atoms with Gasteiger partial charge in [0.15, 0.2) is 0 Å². The van der Waals surface area contributed by atoms with Crippen molar-refractivity contribution in [2.75, 3.05) is 13.7 Å². The average Bonchev–Trinajstić information content (AvgIpc) is 2.82. The quantitative estimate of drug-likeness (QED) is 0.348. The Balaban J connectivity index is 1.62. The van der Waals surface area contributed by atoms with E-state index < -0.39 is 12.1 Å². The minimum atomic E-state index is -0.903. The first-order chi connectivity index (χ1) is 16.2. The molecule has 0 radical (unpaired) electrons. The second kappa shape index (κ2) is 11.1. The molecule has 3 aromatic rings. The zero-order chi connectivity index (χ0) is 24.7. The van der Waals surface area contributed by atoms with Gasteiger partial charge in [0.2, 0.25) is 6.10 Å². The van der Waals surface area contributed by atoms with Crippen molar-refractivity contribution < 1.29 is 28.1 Å². The molecule has 2 atom stereocenters. The highest BCUT2D eigenvalue weighted by Crippen LogP contribution is 2.28. The van der Waals surface area contributed by atoms with E-state index in [0.29, 0.717) is 29.4 Å². The van der Waals surface area contributed by atoms with Gasteiger partial charge in [0.1, 0.15) is 35.8 Å². The number of rotatable bonds is 9. The fourth-order valence-corrected chi connectivity index (χ4v) is 3.26. The Hall–Kier alpha value is -3.54. The Morgan fingerprint density at radius 1 is 0.824 bits per heavy atom. The largest absolute Gasteiger partial charge is 0.490 e. The van der Waals surface area contributed by atoms with Crippen LogP contribution in [0.5, 0.6) is 17.2 Å². The molecule has 180 valence electrons. The minimum Gasteiger partial charge on any atom is -0.490 e. The topological polar surface area (TPSA) is 54.0 Å². The van der Waals surface area contributed by atoms with Crippen molar-refractivity contribution in [3.63, 3.8) is 0 Å². The molecule has 2 unspecified atom stereocenters. The lowest BCUT2D eigenvalue weighted by Crippen LogP contribution is -2.21. The number of hydrogen-bond donors (Lipinski definition) is 0. The molecule has 0 aliphatic rings. The van der Waals surface area contributed by atoms with Crippen LogP contribution in [0, 0.1) is 5.82 Å². The molecule has 34 heavy (non-hydrogen) atoms. The Kier molecular flexibility index (Phi) is 8.16. The molecule has 0 spiro atoms. The molecule has 5 nitrogen and oxygen atoms in total. The normalized spacial score (nSPS) is 13.0. The molecule has 0 N–H and O–H groups in total. The molecule has 6 heteroatoms. The van der Waals surface area contributed by atoms with Gasteiger partial charge in [-0.05, 0) is 66.4 Å². The van der Waals surface area contributed by atoms with Crippen LogP contribution in [0.15, 0.2) is 72.8 Å². The summed E-state index contributed by atoms with van der Waals surface area (Å²) in [5.74, 6) is 0.968. The third kappa shape index (κ3) is 6.98. The monoisotopic (exact) mass is 466 g/mol. The number of halogens is 1. The molecule has 3 aromatic carbocycles. The van der Waals surface area contributed by atoms with Gasteiger partial charge in [-0.1, -0.05) is 45.0 Å². The minimum absolute atomic E-state index is 0.0255. The highest BCUT2D eigenvalue weighted by Gasteiger charge is 2.24. The second-order valence-corrected chi connectivity index (χ2v) is 9.06. The van der Waals surface area contributed by atoms with Crippen molar-refractivity contribution in [3.8, 4) is 17.2 Å². The lowest BCUT2D eigenvalue weighted by molar-refractivity contribution is -0.149. The molecule has 0 aliphatic heterocycles. The Morgan fingerprint density at radius 2 is 1.35 bits per heavy atom. The maximum atomic E-state index is 13.0. The smallest absolute Gasteiger partial charge is 0.351 e. The fraction of sp³-hybridized carbons (Fsp3) is 0.321. The van der Waals surface area contributed by atoms with E-state index in [-0.39, 0.29) is 17.3 Å². The van der Waals surface area contributed by atoms with E-state index in [1.54, 1.807) is 36.4 Å². The van der Waals surface area contributed by atoms with Crippen molar-refractivity contribution in [2.45, 2.75) is 45.3 Å². The average molecular weight is 467 g/mol. The molecule has 0 heterocycles. The zero-order valence-corrected chi connectivity index (χ0v) is 20.2. The van der Waals surface area contributed by atoms with Crippen molar-refractivity contribution in [1.29, 1.82) is 0 Å². The van der Waals surface area contributed by atoms with Crippen LogP contribution in [-0.4, -0.2) is 25.8 Å². The Morgan fingerprint density at radius 3 is 1.91 bits per heavy atom. The van der Waals surface area contributed by atoms with Gasteiger partial charge < -0.3 is 18.9 Å². The van der Waals surface area contributed by atoms with E-state index in [9.17, 15) is 9.18 Å². The number of hydrogen-bond acceptors (Lipinski definition) is 5. The summed E-state index contributed by atoms with van der Waals surface area (Å²) < 4.78 is 35.5. The van der Waals surface area contributed by atoms with E-state index in [1.807, 2.05) is 31.2 Å². The van der Waals surface area contributed by atoms with E-state index in [2.05, 4.69) is 20.8 Å². The number of carbonyl (C=O) groups excluding carboxylic acids is 1. The highest BCUT2D eigenvalue weighted by molar-refractivity contribution is 5.77. The summed E-state index contributed by atoms with van der Waals surface area (Å²) in [5.41, 5.74) is 1.85. The van der Waals surface area contributed by atoms with Crippen LogP contribution in [0.3, 0.4) is 0 Å². The van der Waals surface area contributed by atoms with Crippen LogP contribution in [0.4, 0.5) is 4.39 Å². The number of carbonyl (C=O) groups is 1. The van der Waals surface area contributed by atoms with Gasteiger partial charge in [-0.2, -0.15) is 0 Å². The highest BCUT2D eigenvalue weighted by atomic mass is 19.1. The predicted molar refractivity (Wildman–Crippen MR) is 129 cm³/mol. The summed E-state index contributed by atoms with van der Waals surface area (Å²) in [6.07, 6.45) is -1.15. The number of esters is 1. The van der Waals surface area contributed by atoms with Gasteiger partial charge in [-0.3, -0.25) is 0 Å². The molecule has 0 saturated heterocycles. The van der Waals surface area contributed by atoms with Crippen molar-refractivity contribution in [3.05, 3.63) is 89.7 Å².